The molecular weight excluding hydrogens is 449 g/mol. The van der Waals surface area contributed by atoms with Crippen LogP contribution in [-0.2, 0) is 4.74 Å². The molecule has 4 aromatic rings. The van der Waals surface area contributed by atoms with Crippen LogP contribution in [0, 0.1) is 5.82 Å². The lowest BCUT2D eigenvalue weighted by Gasteiger charge is -2.38. The smallest absolute Gasteiger partial charge is 0.409 e. The Balaban J connectivity index is 1.50. The van der Waals surface area contributed by atoms with Gasteiger partial charge in [0, 0.05) is 31.7 Å². The van der Waals surface area contributed by atoms with Gasteiger partial charge < -0.3 is 19.2 Å². The van der Waals surface area contributed by atoms with E-state index in [1.807, 2.05) is 4.90 Å². The number of piperazine rings is 1. The summed E-state index contributed by atoms with van der Waals surface area (Å²) in [5.41, 5.74) is 0.438. The molecule has 1 N–H and O–H groups in total. The number of halogens is 1. The number of carbonyl (C=O) groups excluding carboxylic acids is 1. The molecule has 0 saturated carbocycles. The molecule has 1 aliphatic rings. The van der Waals surface area contributed by atoms with Gasteiger partial charge in [0.2, 0.25) is 16.7 Å². The number of ether oxygens (including phenoxy) is 1. The van der Waals surface area contributed by atoms with E-state index in [0.717, 1.165) is 0 Å². The monoisotopic (exact) mass is 471 g/mol. The van der Waals surface area contributed by atoms with Crippen LogP contribution in [0.5, 0.6) is 5.88 Å². The third-order valence-electron chi connectivity index (χ3n) is 5.59. The summed E-state index contributed by atoms with van der Waals surface area (Å²) in [5, 5.41) is 15.4. The first-order chi connectivity index (χ1) is 16.1. The molecule has 1 atom stereocenters. The zero-order chi connectivity index (χ0) is 22.9. The number of hydrogen-bond acceptors (Lipinski definition) is 8. The third-order valence-corrected chi connectivity index (χ3v) is 6.67. The van der Waals surface area contributed by atoms with E-state index in [4.69, 9.17) is 9.15 Å². The highest BCUT2D eigenvalue weighted by Gasteiger charge is 2.34. The summed E-state index contributed by atoms with van der Waals surface area (Å²) in [7, 11) is 0. The predicted octanol–water partition coefficient (Wildman–Crippen LogP) is 3.76. The molecule has 0 radical (unpaired) electrons. The molecule has 0 aliphatic carbocycles. The van der Waals surface area contributed by atoms with Crippen LogP contribution in [0.15, 0.2) is 47.1 Å². The fourth-order valence-corrected chi connectivity index (χ4v) is 5.12. The first-order valence-electron chi connectivity index (χ1n) is 10.6. The highest BCUT2D eigenvalue weighted by atomic mass is 32.1. The molecule has 1 aromatic carbocycles. The van der Waals surface area contributed by atoms with Gasteiger partial charge in [0.1, 0.15) is 5.82 Å². The lowest BCUT2D eigenvalue weighted by Crippen LogP contribution is -2.50. The summed E-state index contributed by atoms with van der Waals surface area (Å²) in [4.78, 5) is 21.3. The SMILES string of the molecule is CCOC(=O)N1CCN(C(c2ccccc2F)c2sc3nc(-c4ccco4)nn3c2O)CC1. The number of aromatic hydroxyl groups is 1. The van der Waals surface area contributed by atoms with Crippen molar-refractivity contribution in [3.8, 4) is 17.5 Å². The summed E-state index contributed by atoms with van der Waals surface area (Å²) < 4.78 is 26.7. The Labute approximate surface area is 192 Å². The van der Waals surface area contributed by atoms with Crippen LogP contribution < -0.4 is 0 Å². The number of hydrogen-bond donors (Lipinski definition) is 1. The van der Waals surface area contributed by atoms with E-state index in [0.29, 0.717) is 59.8 Å². The van der Waals surface area contributed by atoms with Crippen molar-refractivity contribution in [3.63, 3.8) is 0 Å². The molecule has 172 valence electrons. The first kappa shape index (κ1) is 21.4. The molecule has 1 amide bonds. The fourth-order valence-electron chi connectivity index (χ4n) is 4.02. The molecule has 1 saturated heterocycles. The number of nitrogens with zero attached hydrogens (tertiary/aromatic N) is 5. The van der Waals surface area contributed by atoms with Crippen LogP contribution in [-0.4, -0.2) is 68.4 Å². The highest BCUT2D eigenvalue weighted by Crippen LogP contribution is 2.41. The summed E-state index contributed by atoms with van der Waals surface area (Å²) in [6.45, 7) is 3.93. The van der Waals surface area contributed by atoms with Gasteiger partial charge in [-0.2, -0.15) is 9.50 Å². The van der Waals surface area contributed by atoms with E-state index in [-0.39, 0.29) is 17.8 Å². The minimum Gasteiger partial charge on any atom is -0.492 e. The lowest BCUT2D eigenvalue weighted by atomic mass is 10.0. The molecule has 3 aromatic heterocycles. The van der Waals surface area contributed by atoms with Crippen LogP contribution >= 0.6 is 11.3 Å². The van der Waals surface area contributed by atoms with Crippen LogP contribution in [0.2, 0.25) is 0 Å². The van der Waals surface area contributed by atoms with Crippen LogP contribution in [0.25, 0.3) is 16.5 Å². The summed E-state index contributed by atoms with van der Waals surface area (Å²) >= 11 is 1.25. The average molecular weight is 472 g/mol. The summed E-state index contributed by atoms with van der Waals surface area (Å²) in [6.07, 6.45) is 1.17. The molecule has 1 aliphatic heterocycles. The number of furan rings is 1. The molecule has 1 unspecified atom stereocenters. The molecule has 1 fully saturated rings. The number of benzene rings is 1. The number of amides is 1. The number of aromatic nitrogens is 3. The molecule has 0 bridgehead atoms. The summed E-state index contributed by atoms with van der Waals surface area (Å²) in [6, 6.07) is 9.43. The molecule has 4 heterocycles. The number of rotatable bonds is 5. The average Bonchev–Trinajstić information content (AvgIpc) is 3.55. The maximum absolute atomic E-state index is 14.9. The second-order valence-corrected chi connectivity index (χ2v) is 8.55. The van der Waals surface area contributed by atoms with Crippen molar-refractivity contribution >= 4 is 22.4 Å². The van der Waals surface area contributed by atoms with E-state index >= 15 is 0 Å². The van der Waals surface area contributed by atoms with Gasteiger partial charge >= 0.3 is 6.09 Å². The Morgan fingerprint density at radius 3 is 2.70 bits per heavy atom. The fraction of sp³-hybridized carbons (Fsp3) is 0.318. The molecule has 9 nitrogen and oxygen atoms in total. The largest absolute Gasteiger partial charge is 0.492 e. The molecule has 11 heteroatoms. The van der Waals surface area contributed by atoms with Gasteiger partial charge in [0.05, 0.1) is 23.8 Å². The summed E-state index contributed by atoms with van der Waals surface area (Å²) in [5.74, 6) is 0.387. The van der Waals surface area contributed by atoms with Crippen molar-refractivity contribution in [2.45, 2.75) is 13.0 Å². The van der Waals surface area contributed by atoms with Gasteiger partial charge in [-0.3, -0.25) is 4.90 Å². The third kappa shape index (κ3) is 3.93. The number of carbonyl (C=O) groups is 1. The topological polar surface area (TPSA) is 96.3 Å². The van der Waals surface area contributed by atoms with Gasteiger partial charge in [0.15, 0.2) is 5.76 Å². The molecule has 33 heavy (non-hydrogen) atoms. The van der Waals surface area contributed by atoms with Crippen molar-refractivity contribution < 1.29 is 23.4 Å². The van der Waals surface area contributed by atoms with Crippen LogP contribution in [0.3, 0.4) is 0 Å². The van der Waals surface area contributed by atoms with Crippen molar-refractivity contribution in [3.05, 3.63) is 58.9 Å². The van der Waals surface area contributed by atoms with E-state index in [1.165, 1.54) is 28.2 Å². The van der Waals surface area contributed by atoms with Crippen LogP contribution in [0.1, 0.15) is 23.4 Å². The minimum atomic E-state index is -0.559. The normalized spacial score (nSPS) is 15.8. The zero-order valence-corrected chi connectivity index (χ0v) is 18.7. The Morgan fingerprint density at radius 1 is 1.24 bits per heavy atom. The van der Waals surface area contributed by atoms with E-state index in [1.54, 1.807) is 42.2 Å². The Bertz CT molecular complexity index is 1260. The van der Waals surface area contributed by atoms with E-state index in [9.17, 15) is 14.3 Å². The quantitative estimate of drug-likeness (QED) is 0.473. The van der Waals surface area contributed by atoms with Crippen LogP contribution in [0.4, 0.5) is 9.18 Å². The van der Waals surface area contributed by atoms with Gasteiger partial charge in [-0.25, -0.2) is 9.18 Å². The van der Waals surface area contributed by atoms with Crippen molar-refractivity contribution in [1.29, 1.82) is 0 Å². The van der Waals surface area contributed by atoms with Gasteiger partial charge in [-0.1, -0.05) is 29.5 Å². The van der Waals surface area contributed by atoms with Gasteiger partial charge in [-0.05, 0) is 25.1 Å². The maximum atomic E-state index is 14.9. The molecular formula is C22H22FN5O4S. The Kier molecular flexibility index (Phi) is 5.73. The maximum Gasteiger partial charge on any atom is 0.409 e. The second kappa shape index (κ2) is 8.83. The zero-order valence-electron chi connectivity index (χ0n) is 17.8. The van der Waals surface area contributed by atoms with Crippen molar-refractivity contribution in [2.24, 2.45) is 0 Å². The van der Waals surface area contributed by atoms with Gasteiger partial charge in [-0.15, -0.1) is 5.10 Å². The Hall–Kier alpha value is -3.44. The highest BCUT2D eigenvalue weighted by molar-refractivity contribution is 7.17. The standard InChI is InChI=1S/C22H22FN5O4S/c1-2-31-22(30)27-11-9-26(10-12-27)17(14-6-3-4-7-15(14)23)18-20(29)28-21(33-18)24-19(25-28)16-8-5-13-32-16/h3-8,13,17,29H,2,9-12H2,1H3. The lowest BCUT2D eigenvalue weighted by molar-refractivity contribution is 0.0710. The first-order valence-corrected chi connectivity index (χ1v) is 11.4. The number of fused-ring (bicyclic) bond motifs is 1. The van der Waals surface area contributed by atoms with E-state index in [2.05, 4.69) is 10.1 Å². The molecule has 0 spiro atoms. The van der Waals surface area contributed by atoms with E-state index < -0.39 is 6.04 Å². The van der Waals surface area contributed by atoms with Crippen molar-refractivity contribution in [2.75, 3.05) is 32.8 Å². The van der Waals surface area contributed by atoms with Crippen molar-refractivity contribution in [1.82, 2.24) is 24.4 Å². The Morgan fingerprint density at radius 2 is 2.03 bits per heavy atom. The molecule has 5 rings (SSSR count). The number of thiazole rings is 1. The second-order valence-electron chi connectivity index (χ2n) is 7.54. The minimum absolute atomic E-state index is 0.0959. The predicted molar refractivity (Wildman–Crippen MR) is 119 cm³/mol. The van der Waals surface area contributed by atoms with Gasteiger partial charge in [0.25, 0.3) is 0 Å².